The summed E-state index contributed by atoms with van der Waals surface area (Å²) in [6, 6.07) is 15.1. The molecule has 0 saturated heterocycles. The highest BCUT2D eigenvalue weighted by Gasteiger charge is 2.18. The van der Waals surface area contributed by atoms with E-state index >= 15 is 0 Å². The summed E-state index contributed by atoms with van der Waals surface area (Å²) >= 11 is 0. The van der Waals surface area contributed by atoms with E-state index in [1.54, 1.807) is 12.1 Å². The molecule has 28 heavy (non-hydrogen) atoms. The Morgan fingerprint density at radius 3 is 2.25 bits per heavy atom. The Kier molecular flexibility index (Phi) is 6.63. The number of nitro benzene ring substituents is 1. The van der Waals surface area contributed by atoms with Crippen molar-refractivity contribution in [2.45, 2.75) is 51.1 Å². The predicted octanol–water partition coefficient (Wildman–Crippen LogP) is 4.22. The zero-order valence-electron chi connectivity index (χ0n) is 16.3. The lowest BCUT2D eigenvalue weighted by Crippen LogP contribution is -2.33. The van der Waals surface area contributed by atoms with Gasteiger partial charge in [-0.25, -0.2) is 0 Å². The largest absolute Gasteiger partial charge is 0.372 e. The fraction of sp³-hybridized carbons (Fsp3) is 0.409. The van der Waals surface area contributed by atoms with Gasteiger partial charge in [-0.1, -0.05) is 43.5 Å². The Labute approximate surface area is 165 Å². The molecule has 0 atom stereocenters. The highest BCUT2D eigenvalue weighted by molar-refractivity contribution is 5.78. The van der Waals surface area contributed by atoms with Crippen molar-refractivity contribution in [3.05, 3.63) is 69.8 Å². The summed E-state index contributed by atoms with van der Waals surface area (Å²) in [7, 11) is 2.16. The average molecular weight is 381 g/mol. The number of carbonyl (C=O) groups is 1. The number of nitrogens with one attached hydrogen (secondary N) is 1. The van der Waals surface area contributed by atoms with Crippen LogP contribution in [-0.4, -0.2) is 23.9 Å². The van der Waals surface area contributed by atoms with Crippen LogP contribution in [0.3, 0.4) is 0 Å². The van der Waals surface area contributed by atoms with Gasteiger partial charge >= 0.3 is 0 Å². The fourth-order valence-corrected chi connectivity index (χ4v) is 3.71. The standard InChI is InChI=1S/C22H27N3O3/c1-24(19-5-3-2-4-6-19)20-11-9-18(10-12-20)16-23-22(26)15-17-7-13-21(14-8-17)25(27)28/h7-14,19H,2-6,15-16H2,1H3,(H,23,26). The van der Waals surface area contributed by atoms with E-state index in [1.807, 2.05) is 0 Å². The molecule has 0 radical (unpaired) electrons. The minimum absolute atomic E-state index is 0.0300. The lowest BCUT2D eigenvalue weighted by molar-refractivity contribution is -0.384. The minimum Gasteiger partial charge on any atom is -0.372 e. The molecule has 1 amide bonds. The number of nitro groups is 1. The van der Waals surface area contributed by atoms with E-state index in [-0.39, 0.29) is 18.0 Å². The molecule has 0 aliphatic heterocycles. The van der Waals surface area contributed by atoms with Gasteiger partial charge in [0.25, 0.3) is 5.69 Å². The smallest absolute Gasteiger partial charge is 0.269 e. The highest BCUT2D eigenvalue weighted by Crippen LogP contribution is 2.26. The van der Waals surface area contributed by atoms with E-state index in [1.165, 1.54) is 49.9 Å². The summed E-state index contributed by atoms with van der Waals surface area (Å²) in [6.45, 7) is 0.471. The molecule has 1 saturated carbocycles. The SMILES string of the molecule is CN(c1ccc(CNC(=O)Cc2ccc([N+](=O)[O-])cc2)cc1)C1CCCCC1. The first-order valence-electron chi connectivity index (χ1n) is 9.85. The van der Waals surface area contributed by atoms with Crippen LogP contribution in [0.25, 0.3) is 0 Å². The molecule has 0 aromatic heterocycles. The zero-order valence-corrected chi connectivity index (χ0v) is 16.3. The van der Waals surface area contributed by atoms with Crippen molar-refractivity contribution in [2.75, 3.05) is 11.9 Å². The number of hydrogen-bond acceptors (Lipinski definition) is 4. The van der Waals surface area contributed by atoms with Gasteiger partial charge in [0.2, 0.25) is 5.91 Å². The van der Waals surface area contributed by atoms with Crippen LogP contribution in [0.1, 0.15) is 43.2 Å². The van der Waals surface area contributed by atoms with Crippen molar-refractivity contribution in [3.63, 3.8) is 0 Å². The van der Waals surface area contributed by atoms with Crippen molar-refractivity contribution in [3.8, 4) is 0 Å². The molecule has 148 valence electrons. The van der Waals surface area contributed by atoms with E-state index in [2.05, 4.69) is 41.5 Å². The Morgan fingerprint density at radius 1 is 1.04 bits per heavy atom. The lowest BCUT2D eigenvalue weighted by Gasteiger charge is -2.33. The van der Waals surface area contributed by atoms with E-state index in [9.17, 15) is 14.9 Å². The van der Waals surface area contributed by atoms with Gasteiger partial charge in [0.05, 0.1) is 11.3 Å². The number of carbonyl (C=O) groups excluding carboxylic acids is 1. The van der Waals surface area contributed by atoms with Crippen molar-refractivity contribution in [1.29, 1.82) is 0 Å². The monoisotopic (exact) mass is 381 g/mol. The summed E-state index contributed by atoms with van der Waals surface area (Å²) in [5.74, 6) is -0.0998. The second kappa shape index (κ2) is 9.35. The van der Waals surface area contributed by atoms with Crippen molar-refractivity contribution >= 4 is 17.3 Å². The molecule has 2 aromatic rings. The minimum atomic E-state index is -0.445. The second-order valence-corrected chi connectivity index (χ2v) is 7.45. The lowest BCUT2D eigenvalue weighted by atomic mass is 9.94. The van der Waals surface area contributed by atoms with Gasteiger partial charge in [-0.2, -0.15) is 0 Å². The van der Waals surface area contributed by atoms with Crippen LogP contribution in [0, 0.1) is 10.1 Å². The Balaban J connectivity index is 1.48. The van der Waals surface area contributed by atoms with Crippen LogP contribution < -0.4 is 10.2 Å². The van der Waals surface area contributed by atoms with Crippen LogP contribution in [0.5, 0.6) is 0 Å². The molecule has 3 rings (SSSR count). The maximum Gasteiger partial charge on any atom is 0.269 e. The van der Waals surface area contributed by atoms with Crippen LogP contribution >= 0.6 is 0 Å². The molecule has 0 spiro atoms. The number of non-ortho nitro benzene ring substituents is 1. The van der Waals surface area contributed by atoms with Crippen molar-refractivity contribution < 1.29 is 9.72 Å². The maximum absolute atomic E-state index is 12.1. The van der Waals surface area contributed by atoms with E-state index in [0.29, 0.717) is 12.6 Å². The third-order valence-corrected chi connectivity index (χ3v) is 5.47. The van der Waals surface area contributed by atoms with E-state index in [0.717, 1.165) is 11.1 Å². The first-order valence-corrected chi connectivity index (χ1v) is 9.85. The van der Waals surface area contributed by atoms with Crippen LogP contribution in [-0.2, 0) is 17.8 Å². The summed E-state index contributed by atoms with van der Waals surface area (Å²) in [6.07, 6.45) is 6.71. The third kappa shape index (κ3) is 5.31. The van der Waals surface area contributed by atoms with Crippen LogP contribution in [0.4, 0.5) is 11.4 Å². The molecule has 6 heteroatoms. The third-order valence-electron chi connectivity index (χ3n) is 5.47. The number of nitrogens with zero attached hydrogens (tertiary/aromatic N) is 2. The molecular weight excluding hydrogens is 354 g/mol. The molecule has 1 N–H and O–H groups in total. The molecule has 0 heterocycles. The summed E-state index contributed by atoms with van der Waals surface area (Å²) in [5, 5.41) is 13.6. The Hall–Kier alpha value is -2.89. The number of benzene rings is 2. The van der Waals surface area contributed by atoms with Crippen LogP contribution in [0.15, 0.2) is 48.5 Å². The summed E-state index contributed by atoms with van der Waals surface area (Å²) in [5.41, 5.74) is 3.06. The van der Waals surface area contributed by atoms with Gasteiger partial charge in [-0.3, -0.25) is 14.9 Å². The zero-order chi connectivity index (χ0) is 19.9. The van der Waals surface area contributed by atoms with Gasteiger partial charge in [0, 0.05) is 37.5 Å². The molecule has 0 unspecified atom stereocenters. The average Bonchev–Trinajstić information content (AvgIpc) is 2.73. The van der Waals surface area contributed by atoms with E-state index in [4.69, 9.17) is 0 Å². The Bertz CT molecular complexity index is 797. The molecule has 6 nitrogen and oxygen atoms in total. The highest BCUT2D eigenvalue weighted by atomic mass is 16.6. The number of anilines is 1. The molecule has 1 fully saturated rings. The number of rotatable bonds is 7. The van der Waals surface area contributed by atoms with Gasteiger partial charge in [-0.05, 0) is 36.1 Å². The van der Waals surface area contributed by atoms with E-state index < -0.39 is 4.92 Å². The van der Waals surface area contributed by atoms with Crippen molar-refractivity contribution in [2.24, 2.45) is 0 Å². The maximum atomic E-state index is 12.1. The summed E-state index contributed by atoms with van der Waals surface area (Å²) in [4.78, 5) is 24.7. The normalized spacial score (nSPS) is 14.5. The second-order valence-electron chi connectivity index (χ2n) is 7.45. The Morgan fingerprint density at radius 2 is 1.64 bits per heavy atom. The molecule has 2 aromatic carbocycles. The molecule has 0 bridgehead atoms. The quantitative estimate of drug-likeness (QED) is 0.575. The van der Waals surface area contributed by atoms with Gasteiger partial charge in [-0.15, -0.1) is 0 Å². The molecular formula is C22H27N3O3. The number of hydrogen-bond donors (Lipinski definition) is 1. The van der Waals surface area contributed by atoms with Gasteiger partial charge in [0.15, 0.2) is 0 Å². The molecule has 1 aliphatic rings. The summed E-state index contributed by atoms with van der Waals surface area (Å²) < 4.78 is 0. The topological polar surface area (TPSA) is 75.5 Å². The first-order chi connectivity index (χ1) is 13.5. The van der Waals surface area contributed by atoms with Crippen molar-refractivity contribution in [1.82, 2.24) is 5.32 Å². The fourth-order valence-electron chi connectivity index (χ4n) is 3.71. The van der Waals surface area contributed by atoms with Gasteiger partial charge in [0.1, 0.15) is 0 Å². The van der Waals surface area contributed by atoms with Gasteiger partial charge < -0.3 is 10.2 Å². The van der Waals surface area contributed by atoms with Crippen LogP contribution in [0.2, 0.25) is 0 Å². The number of amides is 1. The predicted molar refractivity (Wildman–Crippen MR) is 110 cm³/mol. The first kappa shape index (κ1) is 19.9. The molecule has 1 aliphatic carbocycles.